The molecule has 3 aromatic rings. The van der Waals surface area contributed by atoms with Crippen molar-refractivity contribution in [1.82, 2.24) is 4.98 Å². The predicted molar refractivity (Wildman–Crippen MR) is 108 cm³/mol. The molecular weight excluding hydrogens is 446 g/mol. The monoisotopic (exact) mass is 460 g/mol. The van der Waals surface area contributed by atoms with Crippen LogP contribution in [-0.4, -0.2) is 24.0 Å². The van der Waals surface area contributed by atoms with Crippen molar-refractivity contribution in [2.75, 3.05) is 12.4 Å². The molecule has 29 heavy (non-hydrogen) atoms. The second-order valence-corrected chi connectivity index (χ2v) is 7.01. The van der Waals surface area contributed by atoms with E-state index in [1.165, 1.54) is 0 Å². The Kier molecular flexibility index (Phi) is 6.03. The smallest absolute Gasteiger partial charge is 0.340 e. The van der Waals surface area contributed by atoms with Crippen LogP contribution in [-0.2, 0) is 4.74 Å². The van der Waals surface area contributed by atoms with Gasteiger partial charge in [0, 0.05) is 16.1 Å². The van der Waals surface area contributed by atoms with E-state index in [0.717, 1.165) is 23.2 Å². The highest BCUT2D eigenvalue weighted by atomic mass is 79.9. The van der Waals surface area contributed by atoms with E-state index in [9.17, 15) is 18.4 Å². The van der Waals surface area contributed by atoms with Crippen LogP contribution in [0.25, 0.3) is 11.3 Å². The van der Waals surface area contributed by atoms with Gasteiger partial charge in [-0.3, -0.25) is 9.78 Å². The first-order chi connectivity index (χ1) is 13.8. The van der Waals surface area contributed by atoms with Crippen molar-refractivity contribution in [1.29, 1.82) is 0 Å². The Morgan fingerprint density at radius 3 is 2.45 bits per heavy atom. The quantitative estimate of drug-likeness (QED) is 0.547. The minimum absolute atomic E-state index is 0.215. The number of ether oxygens (including phenoxy) is 1. The van der Waals surface area contributed by atoms with Gasteiger partial charge in [0.05, 0.1) is 35.3 Å². The number of aryl methyl sites for hydroxylation is 1. The lowest BCUT2D eigenvalue weighted by atomic mass is 10.1. The summed E-state index contributed by atoms with van der Waals surface area (Å²) in [5.41, 5.74) is 1.35. The number of rotatable bonds is 4. The third kappa shape index (κ3) is 4.48. The zero-order valence-corrected chi connectivity index (χ0v) is 17.0. The molecule has 0 saturated carbocycles. The summed E-state index contributed by atoms with van der Waals surface area (Å²) in [5.74, 6) is -3.71. The number of halogens is 3. The van der Waals surface area contributed by atoms with Crippen molar-refractivity contribution in [2.45, 2.75) is 6.92 Å². The fraction of sp³-hybridized carbons (Fsp3) is 0.0952. The van der Waals surface area contributed by atoms with Crippen LogP contribution in [0.5, 0.6) is 0 Å². The SMILES string of the molecule is COC(=O)c1cc(NC(=O)c2ccc(-c3cccc(Br)c3)nc2C)c(F)cc1F. The van der Waals surface area contributed by atoms with Crippen LogP contribution in [0.1, 0.15) is 26.4 Å². The molecule has 0 bridgehead atoms. The number of hydrogen-bond acceptors (Lipinski definition) is 4. The maximum absolute atomic E-state index is 14.1. The van der Waals surface area contributed by atoms with Crippen LogP contribution in [0, 0.1) is 18.6 Å². The standard InChI is InChI=1S/C21H15BrF2N2O3/c1-11-14(6-7-18(25-11)12-4-3-5-13(22)8-12)20(27)26-19-9-15(21(28)29-2)16(23)10-17(19)24/h3-10H,1-2H3,(H,26,27). The molecule has 0 atom stereocenters. The third-order valence-corrected chi connectivity index (χ3v) is 4.65. The lowest BCUT2D eigenvalue weighted by Crippen LogP contribution is -2.16. The van der Waals surface area contributed by atoms with Crippen molar-refractivity contribution in [3.8, 4) is 11.3 Å². The van der Waals surface area contributed by atoms with Gasteiger partial charge in [0.1, 0.15) is 11.6 Å². The zero-order chi connectivity index (χ0) is 21.1. The van der Waals surface area contributed by atoms with E-state index in [0.29, 0.717) is 17.5 Å². The van der Waals surface area contributed by atoms with Crippen LogP contribution in [0.3, 0.4) is 0 Å². The van der Waals surface area contributed by atoms with Crippen molar-refractivity contribution in [3.63, 3.8) is 0 Å². The lowest BCUT2D eigenvalue weighted by molar-refractivity contribution is 0.0595. The summed E-state index contributed by atoms with van der Waals surface area (Å²) in [6, 6.07) is 12.2. The first kappa shape index (κ1) is 20.6. The maximum atomic E-state index is 14.1. The molecule has 5 nitrogen and oxygen atoms in total. The van der Waals surface area contributed by atoms with Crippen LogP contribution in [0.4, 0.5) is 14.5 Å². The van der Waals surface area contributed by atoms with Gasteiger partial charge in [-0.1, -0.05) is 28.1 Å². The molecule has 0 spiro atoms. The summed E-state index contributed by atoms with van der Waals surface area (Å²) in [6.07, 6.45) is 0. The Balaban J connectivity index is 1.89. The average molecular weight is 461 g/mol. The van der Waals surface area contributed by atoms with Gasteiger partial charge in [-0.15, -0.1) is 0 Å². The lowest BCUT2D eigenvalue weighted by Gasteiger charge is -2.11. The predicted octanol–water partition coefficient (Wildman–Crippen LogP) is 5.14. The first-order valence-corrected chi connectivity index (χ1v) is 9.21. The number of anilines is 1. The Labute approximate surface area is 173 Å². The number of hydrogen-bond donors (Lipinski definition) is 1. The third-order valence-electron chi connectivity index (χ3n) is 4.16. The van der Waals surface area contributed by atoms with E-state index >= 15 is 0 Å². The van der Waals surface area contributed by atoms with E-state index in [2.05, 4.69) is 31.0 Å². The first-order valence-electron chi connectivity index (χ1n) is 8.42. The molecule has 0 aliphatic rings. The summed E-state index contributed by atoms with van der Waals surface area (Å²) in [4.78, 5) is 28.6. The van der Waals surface area contributed by atoms with Gasteiger partial charge in [0.15, 0.2) is 0 Å². The molecule has 8 heteroatoms. The molecule has 148 valence electrons. The normalized spacial score (nSPS) is 10.5. The van der Waals surface area contributed by atoms with Crippen molar-refractivity contribution >= 4 is 33.5 Å². The Hall–Kier alpha value is -3.13. The summed E-state index contributed by atoms with van der Waals surface area (Å²) in [7, 11) is 1.07. The van der Waals surface area contributed by atoms with Gasteiger partial charge in [-0.25, -0.2) is 13.6 Å². The summed E-state index contributed by atoms with van der Waals surface area (Å²) in [5, 5.41) is 2.35. The number of benzene rings is 2. The van der Waals surface area contributed by atoms with E-state index in [1.54, 1.807) is 19.1 Å². The second kappa shape index (κ2) is 8.48. The topological polar surface area (TPSA) is 68.3 Å². The number of nitrogens with zero attached hydrogens (tertiary/aromatic N) is 1. The fourth-order valence-electron chi connectivity index (χ4n) is 2.71. The Morgan fingerprint density at radius 1 is 1.03 bits per heavy atom. The molecule has 2 aromatic carbocycles. The Bertz CT molecular complexity index is 1120. The molecule has 0 radical (unpaired) electrons. The van der Waals surface area contributed by atoms with Crippen LogP contribution < -0.4 is 5.32 Å². The maximum Gasteiger partial charge on any atom is 0.340 e. The highest BCUT2D eigenvalue weighted by molar-refractivity contribution is 9.10. The number of esters is 1. The van der Waals surface area contributed by atoms with Crippen molar-refractivity contribution < 1.29 is 23.1 Å². The fourth-order valence-corrected chi connectivity index (χ4v) is 3.11. The van der Waals surface area contributed by atoms with E-state index in [1.807, 2.05) is 24.3 Å². The van der Waals surface area contributed by atoms with Crippen LogP contribution in [0.15, 0.2) is 53.0 Å². The minimum atomic E-state index is -1.08. The number of aromatic nitrogens is 1. The second-order valence-electron chi connectivity index (χ2n) is 6.10. The largest absolute Gasteiger partial charge is 0.465 e. The number of carbonyl (C=O) groups excluding carboxylic acids is 2. The molecule has 1 N–H and O–H groups in total. The van der Waals surface area contributed by atoms with E-state index in [-0.39, 0.29) is 11.3 Å². The number of pyridine rings is 1. The van der Waals surface area contributed by atoms with Crippen molar-refractivity contribution in [3.05, 3.63) is 81.5 Å². The number of nitrogens with one attached hydrogen (secondary N) is 1. The zero-order valence-electron chi connectivity index (χ0n) is 15.4. The highest BCUT2D eigenvalue weighted by Crippen LogP contribution is 2.24. The summed E-state index contributed by atoms with van der Waals surface area (Å²) >= 11 is 3.40. The van der Waals surface area contributed by atoms with Crippen LogP contribution >= 0.6 is 15.9 Å². The molecule has 0 saturated heterocycles. The molecule has 0 fully saturated rings. The highest BCUT2D eigenvalue weighted by Gasteiger charge is 2.19. The Morgan fingerprint density at radius 2 is 1.79 bits per heavy atom. The number of carbonyl (C=O) groups is 2. The van der Waals surface area contributed by atoms with E-state index in [4.69, 9.17) is 0 Å². The molecule has 1 heterocycles. The van der Waals surface area contributed by atoms with Gasteiger partial charge in [0.2, 0.25) is 0 Å². The molecule has 0 unspecified atom stereocenters. The van der Waals surface area contributed by atoms with Crippen molar-refractivity contribution in [2.24, 2.45) is 0 Å². The summed E-state index contributed by atoms with van der Waals surface area (Å²) < 4.78 is 33.2. The molecule has 1 amide bonds. The number of methoxy groups -OCH3 is 1. The van der Waals surface area contributed by atoms with Gasteiger partial charge < -0.3 is 10.1 Å². The molecule has 0 aliphatic heterocycles. The van der Waals surface area contributed by atoms with Gasteiger partial charge >= 0.3 is 5.97 Å². The van der Waals surface area contributed by atoms with Crippen LogP contribution in [0.2, 0.25) is 0 Å². The van der Waals surface area contributed by atoms with Gasteiger partial charge in [-0.05, 0) is 37.3 Å². The van der Waals surface area contributed by atoms with E-state index < -0.39 is 29.1 Å². The molecular formula is C21H15BrF2N2O3. The van der Waals surface area contributed by atoms with Gasteiger partial charge in [0.25, 0.3) is 5.91 Å². The average Bonchev–Trinajstić information content (AvgIpc) is 2.69. The molecule has 0 aliphatic carbocycles. The molecule has 3 rings (SSSR count). The summed E-state index contributed by atoms with van der Waals surface area (Å²) in [6.45, 7) is 1.65. The van der Waals surface area contributed by atoms with Gasteiger partial charge in [-0.2, -0.15) is 0 Å². The molecule has 1 aromatic heterocycles. The minimum Gasteiger partial charge on any atom is -0.465 e. The number of amides is 1.